The van der Waals surface area contributed by atoms with Crippen molar-refractivity contribution in [2.24, 2.45) is 0 Å². The van der Waals surface area contributed by atoms with Crippen LogP contribution in [0.5, 0.6) is 0 Å². The number of ether oxygens (including phenoxy) is 1. The topological polar surface area (TPSA) is 79.7 Å². The lowest BCUT2D eigenvalue weighted by atomic mass is 10.1. The Labute approximate surface area is 137 Å². The molecule has 0 aliphatic carbocycles. The van der Waals surface area contributed by atoms with E-state index in [1.165, 1.54) is 17.0 Å². The molecule has 1 fully saturated rings. The van der Waals surface area contributed by atoms with E-state index in [2.05, 4.69) is 4.98 Å². The fourth-order valence-corrected chi connectivity index (χ4v) is 2.88. The van der Waals surface area contributed by atoms with E-state index in [0.29, 0.717) is 28.7 Å². The monoisotopic (exact) mass is 332 g/mol. The number of rotatable bonds is 2. The first-order valence-corrected chi connectivity index (χ1v) is 7.59. The van der Waals surface area contributed by atoms with Crippen LogP contribution in [0.15, 0.2) is 24.3 Å². The Balaban J connectivity index is 1.94. The molecule has 2 atom stereocenters. The lowest BCUT2D eigenvalue weighted by Gasteiger charge is -2.35. The molecule has 0 saturated carbocycles. The third kappa shape index (κ3) is 3.07. The normalized spacial score (nSPS) is 21.0. The van der Waals surface area contributed by atoms with Crippen molar-refractivity contribution >= 4 is 22.8 Å². The SMILES string of the molecule is Cc1nc2cc(F)ccc2cc1C(=O)N1CC(C(=O)O)O[C@H](C)C1. The van der Waals surface area contributed by atoms with Crippen molar-refractivity contribution < 1.29 is 23.8 Å². The maximum atomic E-state index is 13.3. The van der Waals surface area contributed by atoms with Crippen LogP contribution in [-0.4, -0.2) is 52.2 Å². The minimum atomic E-state index is -1.09. The summed E-state index contributed by atoms with van der Waals surface area (Å²) in [5.41, 5.74) is 1.33. The number of carboxylic acids is 1. The van der Waals surface area contributed by atoms with Crippen LogP contribution in [0.4, 0.5) is 4.39 Å². The average Bonchev–Trinajstić information content (AvgIpc) is 2.52. The zero-order chi connectivity index (χ0) is 17.4. The molecule has 1 unspecified atom stereocenters. The Bertz CT molecular complexity index is 824. The number of pyridine rings is 1. The second kappa shape index (κ2) is 6.16. The van der Waals surface area contributed by atoms with Crippen molar-refractivity contribution in [3.05, 3.63) is 41.3 Å². The van der Waals surface area contributed by atoms with Gasteiger partial charge in [-0.05, 0) is 32.0 Å². The van der Waals surface area contributed by atoms with Gasteiger partial charge in [-0.3, -0.25) is 9.78 Å². The quantitative estimate of drug-likeness (QED) is 0.910. The Morgan fingerprint density at radius 3 is 2.79 bits per heavy atom. The minimum Gasteiger partial charge on any atom is -0.479 e. The number of morpholine rings is 1. The zero-order valence-corrected chi connectivity index (χ0v) is 13.3. The maximum Gasteiger partial charge on any atom is 0.334 e. The van der Waals surface area contributed by atoms with Gasteiger partial charge in [-0.2, -0.15) is 0 Å². The average molecular weight is 332 g/mol. The van der Waals surface area contributed by atoms with Gasteiger partial charge in [-0.25, -0.2) is 9.18 Å². The van der Waals surface area contributed by atoms with Crippen LogP contribution in [0.2, 0.25) is 0 Å². The Kier molecular flexibility index (Phi) is 4.19. The summed E-state index contributed by atoms with van der Waals surface area (Å²) in [5, 5.41) is 9.79. The number of nitrogens with zero attached hydrogens (tertiary/aromatic N) is 2. The Hall–Kier alpha value is -2.54. The van der Waals surface area contributed by atoms with E-state index in [4.69, 9.17) is 9.84 Å². The molecule has 0 spiro atoms. The first kappa shape index (κ1) is 16.3. The molecule has 24 heavy (non-hydrogen) atoms. The van der Waals surface area contributed by atoms with Crippen molar-refractivity contribution in [3.8, 4) is 0 Å². The van der Waals surface area contributed by atoms with Crippen molar-refractivity contribution in [2.45, 2.75) is 26.1 Å². The Morgan fingerprint density at radius 2 is 2.08 bits per heavy atom. The summed E-state index contributed by atoms with van der Waals surface area (Å²) in [6.07, 6.45) is -1.41. The van der Waals surface area contributed by atoms with Crippen LogP contribution in [0.25, 0.3) is 10.9 Å². The third-order valence-electron chi connectivity index (χ3n) is 4.02. The van der Waals surface area contributed by atoms with E-state index in [-0.39, 0.29) is 24.4 Å². The fraction of sp³-hybridized carbons (Fsp3) is 0.353. The largest absolute Gasteiger partial charge is 0.479 e. The van der Waals surface area contributed by atoms with E-state index in [9.17, 15) is 14.0 Å². The smallest absolute Gasteiger partial charge is 0.334 e. The minimum absolute atomic E-state index is 0.0145. The van der Waals surface area contributed by atoms with E-state index >= 15 is 0 Å². The van der Waals surface area contributed by atoms with Crippen LogP contribution in [-0.2, 0) is 9.53 Å². The van der Waals surface area contributed by atoms with Gasteiger partial charge in [0.1, 0.15) is 5.82 Å². The number of carboxylic acid groups (broad SMARTS) is 1. The molecule has 2 heterocycles. The predicted molar refractivity (Wildman–Crippen MR) is 84.3 cm³/mol. The lowest BCUT2D eigenvalue weighted by molar-refractivity contribution is -0.160. The number of aromatic nitrogens is 1. The van der Waals surface area contributed by atoms with E-state index in [0.717, 1.165) is 0 Å². The number of aliphatic carboxylic acids is 1. The fourth-order valence-electron chi connectivity index (χ4n) is 2.88. The molecule has 1 amide bonds. The number of fused-ring (bicyclic) bond motifs is 1. The van der Waals surface area contributed by atoms with Crippen LogP contribution in [0, 0.1) is 12.7 Å². The summed E-state index contributed by atoms with van der Waals surface area (Å²) in [4.78, 5) is 29.7. The highest BCUT2D eigenvalue weighted by atomic mass is 19.1. The zero-order valence-electron chi connectivity index (χ0n) is 13.3. The van der Waals surface area contributed by atoms with Gasteiger partial charge in [0.2, 0.25) is 0 Å². The maximum absolute atomic E-state index is 13.3. The number of amides is 1. The summed E-state index contributed by atoms with van der Waals surface area (Å²) >= 11 is 0. The summed E-state index contributed by atoms with van der Waals surface area (Å²) in [5.74, 6) is -1.78. The number of carbonyl (C=O) groups excluding carboxylic acids is 1. The van der Waals surface area contributed by atoms with Gasteiger partial charge < -0.3 is 14.7 Å². The summed E-state index contributed by atoms with van der Waals surface area (Å²) < 4.78 is 18.6. The van der Waals surface area contributed by atoms with Crippen LogP contribution >= 0.6 is 0 Å². The highest BCUT2D eigenvalue weighted by Crippen LogP contribution is 2.21. The number of benzene rings is 1. The third-order valence-corrected chi connectivity index (χ3v) is 4.02. The molecule has 1 aliphatic heterocycles. The van der Waals surface area contributed by atoms with Crippen molar-refractivity contribution in [3.63, 3.8) is 0 Å². The first-order chi connectivity index (χ1) is 11.3. The number of carbonyl (C=O) groups is 2. The van der Waals surface area contributed by atoms with Gasteiger partial charge >= 0.3 is 5.97 Å². The molecular weight excluding hydrogens is 315 g/mol. The Morgan fingerprint density at radius 1 is 1.33 bits per heavy atom. The van der Waals surface area contributed by atoms with Gasteiger partial charge in [0.15, 0.2) is 6.10 Å². The van der Waals surface area contributed by atoms with E-state index in [1.54, 1.807) is 26.0 Å². The molecule has 1 N–H and O–H groups in total. The molecule has 6 nitrogen and oxygen atoms in total. The molecule has 1 saturated heterocycles. The summed E-state index contributed by atoms with van der Waals surface area (Å²) in [7, 11) is 0. The van der Waals surface area contributed by atoms with Crippen molar-refractivity contribution in [2.75, 3.05) is 13.1 Å². The molecular formula is C17H17FN2O4. The van der Waals surface area contributed by atoms with Gasteiger partial charge in [-0.15, -0.1) is 0 Å². The second-order valence-corrected chi connectivity index (χ2v) is 5.94. The number of halogens is 1. The number of hydrogen-bond acceptors (Lipinski definition) is 4. The molecule has 1 aromatic carbocycles. The molecule has 1 aliphatic rings. The molecule has 1 aromatic heterocycles. The molecule has 7 heteroatoms. The first-order valence-electron chi connectivity index (χ1n) is 7.59. The van der Waals surface area contributed by atoms with Gasteiger partial charge in [-0.1, -0.05) is 0 Å². The van der Waals surface area contributed by atoms with Crippen molar-refractivity contribution in [1.82, 2.24) is 9.88 Å². The highest BCUT2D eigenvalue weighted by Gasteiger charge is 2.33. The van der Waals surface area contributed by atoms with Crippen molar-refractivity contribution in [1.29, 1.82) is 0 Å². The molecule has 2 aromatic rings. The van der Waals surface area contributed by atoms with Gasteiger partial charge in [0.25, 0.3) is 5.91 Å². The summed E-state index contributed by atoms with van der Waals surface area (Å²) in [6, 6.07) is 5.85. The van der Waals surface area contributed by atoms with E-state index in [1.807, 2.05) is 0 Å². The summed E-state index contributed by atoms with van der Waals surface area (Å²) in [6.45, 7) is 3.70. The number of hydrogen-bond donors (Lipinski definition) is 1. The predicted octanol–water partition coefficient (Wildman–Crippen LogP) is 2.00. The lowest BCUT2D eigenvalue weighted by Crippen LogP contribution is -2.51. The number of aryl methyl sites for hydroxylation is 1. The van der Waals surface area contributed by atoms with Crippen LogP contribution in [0.1, 0.15) is 23.0 Å². The van der Waals surface area contributed by atoms with E-state index < -0.39 is 12.1 Å². The van der Waals surface area contributed by atoms with Gasteiger partial charge in [0.05, 0.1) is 29.4 Å². The highest BCUT2D eigenvalue weighted by molar-refractivity contribution is 5.99. The van der Waals surface area contributed by atoms with Gasteiger partial charge in [0, 0.05) is 18.0 Å². The molecule has 0 bridgehead atoms. The molecule has 3 rings (SSSR count). The molecule has 0 radical (unpaired) electrons. The van der Waals surface area contributed by atoms with Crippen LogP contribution in [0.3, 0.4) is 0 Å². The van der Waals surface area contributed by atoms with Crippen LogP contribution < -0.4 is 0 Å². The second-order valence-electron chi connectivity index (χ2n) is 5.94. The molecule has 126 valence electrons. The standard InChI is InChI=1S/C17H17FN2O4/c1-9-7-20(8-15(24-9)17(22)23)16(21)13-5-11-3-4-12(18)6-14(11)19-10(13)2/h3-6,9,15H,7-8H2,1-2H3,(H,22,23)/t9-,15?/m1/s1.